The van der Waals surface area contributed by atoms with Gasteiger partial charge >= 0.3 is 5.97 Å². The number of ether oxygens (including phenoxy) is 2. The molecule has 0 bridgehead atoms. The number of para-hydroxylation sites is 1. The molecule has 6 rings (SSSR count). The third kappa shape index (κ3) is 7.97. The Morgan fingerprint density at radius 2 is 1.68 bits per heavy atom. The smallest absolute Gasteiger partial charge is 0.308 e. The highest BCUT2D eigenvalue weighted by Crippen LogP contribution is 2.35. The van der Waals surface area contributed by atoms with Crippen LogP contribution in [-0.2, 0) is 39.7 Å². The summed E-state index contributed by atoms with van der Waals surface area (Å²) < 4.78 is 22.5. The van der Waals surface area contributed by atoms with Crippen molar-refractivity contribution in [2.75, 3.05) is 30.0 Å². The highest BCUT2D eigenvalue weighted by Gasteiger charge is 2.30. The first-order valence-electron chi connectivity index (χ1n) is 14.8. The van der Waals surface area contributed by atoms with Gasteiger partial charge in [0.15, 0.2) is 0 Å². The standard InChI is InChI=1S/C28H31NO2S.C6H10O2/c30-32-15-13-21(14-16-32)20-31-26-11-12-27-24(18-26)6-4-5-23-10-9-22(17-28(23)27)19-29-25-7-2-1-3-8-25;1-2-8-6(7)5-3-4-5/h1-3,7-12,17-18,21,29H,4-6,13-16,19-20H2;5H,2-4H2,1H3. The van der Waals surface area contributed by atoms with Crippen molar-refractivity contribution >= 4 is 22.5 Å². The van der Waals surface area contributed by atoms with Crippen LogP contribution in [0.25, 0.3) is 11.1 Å². The molecule has 1 aliphatic heterocycles. The van der Waals surface area contributed by atoms with Gasteiger partial charge < -0.3 is 14.8 Å². The first-order chi connectivity index (χ1) is 19.6. The van der Waals surface area contributed by atoms with E-state index < -0.39 is 10.8 Å². The van der Waals surface area contributed by atoms with Gasteiger partial charge in [0.2, 0.25) is 0 Å². The van der Waals surface area contributed by atoms with E-state index in [1.807, 2.05) is 13.0 Å². The molecule has 0 spiro atoms. The molecule has 0 aromatic heterocycles. The van der Waals surface area contributed by atoms with Gasteiger partial charge in [0, 0.05) is 34.5 Å². The predicted octanol–water partition coefficient (Wildman–Crippen LogP) is 6.95. The zero-order valence-corrected chi connectivity index (χ0v) is 24.3. The normalized spacial score (nSPS) is 19.6. The lowest BCUT2D eigenvalue weighted by atomic mass is 9.94. The number of benzene rings is 3. The molecule has 2 fully saturated rings. The fourth-order valence-electron chi connectivity index (χ4n) is 5.36. The number of rotatable bonds is 8. The van der Waals surface area contributed by atoms with Crippen LogP contribution in [-0.4, -0.2) is 34.9 Å². The molecule has 2 aliphatic carbocycles. The summed E-state index contributed by atoms with van der Waals surface area (Å²) in [6.07, 6.45) is 7.49. The molecule has 5 nitrogen and oxygen atoms in total. The maximum Gasteiger partial charge on any atom is 0.308 e. The molecular formula is C34H41NO4S. The molecule has 1 saturated heterocycles. The number of anilines is 1. The first kappa shape index (κ1) is 28.4. The van der Waals surface area contributed by atoms with Gasteiger partial charge in [-0.3, -0.25) is 9.00 Å². The number of hydrogen-bond donors (Lipinski definition) is 1. The lowest BCUT2D eigenvalue weighted by Gasteiger charge is -2.22. The highest BCUT2D eigenvalue weighted by atomic mass is 32.2. The van der Waals surface area contributed by atoms with Gasteiger partial charge in [0.25, 0.3) is 0 Å². The Morgan fingerprint density at radius 3 is 2.42 bits per heavy atom. The highest BCUT2D eigenvalue weighted by molar-refractivity contribution is 7.85. The number of nitrogens with one attached hydrogen (secondary N) is 1. The molecule has 0 atom stereocenters. The van der Waals surface area contributed by atoms with Crippen LogP contribution >= 0.6 is 0 Å². The Hall–Kier alpha value is -3.12. The first-order valence-corrected chi connectivity index (χ1v) is 16.3. The Kier molecular flexibility index (Phi) is 9.93. The van der Waals surface area contributed by atoms with Crippen LogP contribution in [0.15, 0.2) is 66.7 Å². The van der Waals surface area contributed by atoms with E-state index in [4.69, 9.17) is 9.47 Å². The van der Waals surface area contributed by atoms with E-state index >= 15 is 0 Å². The quantitative estimate of drug-likeness (QED) is 0.303. The molecule has 0 amide bonds. The fraction of sp³-hybridized carbons (Fsp3) is 0.441. The third-order valence-electron chi connectivity index (χ3n) is 7.89. The monoisotopic (exact) mass is 559 g/mol. The summed E-state index contributed by atoms with van der Waals surface area (Å²) in [4.78, 5) is 10.6. The van der Waals surface area contributed by atoms with Crippen molar-refractivity contribution in [2.24, 2.45) is 11.8 Å². The molecule has 3 aromatic rings. The van der Waals surface area contributed by atoms with Crippen molar-refractivity contribution in [3.8, 4) is 16.9 Å². The predicted molar refractivity (Wildman–Crippen MR) is 163 cm³/mol. The molecule has 0 unspecified atom stereocenters. The van der Waals surface area contributed by atoms with Gasteiger partial charge in [-0.15, -0.1) is 0 Å². The van der Waals surface area contributed by atoms with Crippen LogP contribution in [0.4, 0.5) is 5.69 Å². The van der Waals surface area contributed by atoms with Crippen molar-refractivity contribution in [2.45, 2.75) is 58.4 Å². The van der Waals surface area contributed by atoms with Crippen molar-refractivity contribution < 1.29 is 18.5 Å². The molecular weight excluding hydrogens is 518 g/mol. The third-order valence-corrected chi connectivity index (χ3v) is 9.28. The average Bonchev–Trinajstić information content (AvgIpc) is 3.84. The number of hydrogen-bond acceptors (Lipinski definition) is 5. The van der Waals surface area contributed by atoms with Crippen LogP contribution in [0, 0.1) is 11.8 Å². The van der Waals surface area contributed by atoms with E-state index in [1.54, 1.807) is 0 Å². The topological polar surface area (TPSA) is 64.6 Å². The summed E-state index contributed by atoms with van der Waals surface area (Å²) in [6, 6.07) is 23.9. The summed E-state index contributed by atoms with van der Waals surface area (Å²) in [7, 11) is -0.609. The number of fused-ring (bicyclic) bond motifs is 3. The maximum atomic E-state index is 11.6. The van der Waals surface area contributed by atoms with Crippen molar-refractivity contribution in [3.63, 3.8) is 0 Å². The summed E-state index contributed by atoms with van der Waals surface area (Å²) in [6.45, 7) is 3.91. The Labute approximate surface area is 241 Å². The zero-order chi connectivity index (χ0) is 27.7. The van der Waals surface area contributed by atoms with E-state index in [0.717, 1.165) is 74.6 Å². The SMILES string of the molecule is CCOC(=O)C1CC1.O=S1CCC(COc2ccc3c(c2)CCCc2ccc(CNc4ccccc4)cc2-3)CC1. The van der Waals surface area contributed by atoms with Crippen molar-refractivity contribution in [3.05, 3.63) is 83.4 Å². The maximum absolute atomic E-state index is 11.6. The Balaban J connectivity index is 0.000000348. The minimum Gasteiger partial charge on any atom is -0.493 e. The molecule has 1 saturated carbocycles. The van der Waals surface area contributed by atoms with Crippen LogP contribution in [0.3, 0.4) is 0 Å². The van der Waals surface area contributed by atoms with Gasteiger partial charge in [0.1, 0.15) is 5.75 Å². The van der Waals surface area contributed by atoms with Gasteiger partial charge in [-0.2, -0.15) is 0 Å². The second-order valence-corrected chi connectivity index (χ2v) is 12.7. The van der Waals surface area contributed by atoms with Gasteiger partial charge in [-0.05, 0) is 116 Å². The minimum atomic E-state index is -0.609. The summed E-state index contributed by atoms with van der Waals surface area (Å²) >= 11 is 0. The Bertz CT molecular complexity index is 1290. The molecule has 40 heavy (non-hydrogen) atoms. The number of aryl methyl sites for hydroxylation is 2. The van der Waals surface area contributed by atoms with E-state index in [0.29, 0.717) is 12.5 Å². The van der Waals surface area contributed by atoms with Crippen molar-refractivity contribution in [1.29, 1.82) is 0 Å². The van der Waals surface area contributed by atoms with E-state index in [2.05, 4.69) is 66.0 Å². The largest absolute Gasteiger partial charge is 0.493 e. The van der Waals surface area contributed by atoms with Gasteiger partial charge in [-0.1, -0.05) is 36.4 Å². The summed E-state index contributed by atoms with van der Waals surface area (Å²) in [5.74, 6) is 3.42. The summed E-state index contributed by atoms with van der Waals surface area (Å²) in [5.41, 5.74) is 7.99. The fourth-order valence-corrected chi connectivity index (χ4v) is 6.76. The number of carbonyl (C=O) groups excluding carboxylic acids is 1. The van der Waals surface area contributed by atoms with Crippen LogP contribution < -0.4 is 10.1 Å². The van der Waals surface area contributed by atoms with Crippen LogP contribution in [0.1, 0.15) is 55.7 Å². The number of esters is 1. The summed E-state index contributed by atoms with van der Waals surface area (Å²) in [5, 5.41) is 3.53. The molecule has 1 N–H and O–H groups in total. The van der Waals surface area contributed by atoms with Crippen molar-refractivity contribution in [1.82, 2.24) is 0 Å². The molecule has 3 aliphatic rings. The second kappa shape index (κ2) is 14.0. The molecule has 1 heterocycles. The molecule has 3 aromatic carbocycles. The lowest BCUT2D eigenvalue weighted by Crippen LogP contribution is -2.23. The lowest BCUT2D eigenvalue weighted by molar-refractivity contribution is -0.144. The zero-order valence-electron chi connectivity index (χ0n) is 23.5. The van der Waals surface area contributed by atoms with Crippen LogP contribution in [0.5, 0.6) is 5.75 Å². The Morgan fingerprint density at radius 1 is 0.900 bits per heavy atom. The van der Waals surface area contributed by atoms with Gasteiger partial charge in [0.05, 0.1) is 19.1 Å². The minimum absolute atomic E-state index is 0.00694. The van der Waals surface area contributed by atoms with Gasteiger partial charge in [-0.25, -0.2) is 0 Å². The van der Waals surface area contributed by atoms with E-state index in [1.165, 1.54) is 34.2 Å². The van der Waals surface area contributed by atoms with E-state index in [-0.39, 0.29) is 11.9 Å². The average molecular weight is 560 g/mol. The molecule has 6 heteroatoms. The van der Waals surface area contributed by atoms with Crippen LogP contribution in [0.2, 0.25) is 0 Å². The molecule has 212 valence electrons. The number of carbonyl (C=O) groups is 1. The second-order valence-electron chi connectivity index (χ2n) is 11.0. The molecule has 0 radical (unpaired) electrons. The van der Waals surface area contributed by atoms with E-state index in [9.17, 15) is 9.00 Å².